The summed E-state index contributed by atoms with van der Waals surface area (Å²) in [5, 5.41) is 0. The lowest BCUT2D eigenvalue weighted by molar-refractivity contribution is 0.135. The zero-order valence-corrected chi connectivity index (χ0v) is 34.6. The van der Waals surface area contributed by atoms with Gasteiger partial charge in [0.2, 0.25) is 0 Å². The fourth-order valence-electron chi connectivity index (χ4n) is 8.13. The Bertz CT molecular complexity index is 644. The zero-order valence-electron chi connectivity index (χ0n) is 34.6. The highest BCUT2D eigenvalue weighted by Crippen LogP contribution is 2.24. The third-order valence-electron chi connectivity index (χ3n) is 11.6. The molecule has 0 spiro atoms. The van der Waals surface area contributed by atoms with Gasteiger partial charge < -0.3 is 9.80 Å². The maximum atomic E-state index is 2.74. The molecule has 292 valence electrons. The van der Waals surface area contributed by atoms with E-state index in [4.69, 9.17) is 0 Å². The average molecular weight is 687 g/mol. The van der Waals surface area contributed by atoms with Crippen LogP contribution in [0.4, 0.5) is 0 Å². The molecule has 0 aromatic rings. The summed E-state index contributed by atoms with van der Waals surface area (Å²) in [4.78, 5) is 5.47. The second-order valence-electron chi connectivity index (χ2n) is 16.4. The smallest absolute Gasteiger partial charge is 0.101 e. The van der Waals surface area contributed by atoms with Crippen LogP contribution in [0.1, 0.15) is 271 Å². The molecule has 0 N–H and O–H groups in total. The number of nitrogens with zero attached hydrogens (tertiary/aromatic N) is 2. The van der Waals surface area contributed by atoms with Crippen LogP contribution in [0.25, 0.3) is 0 Å². The van der Waals surface area contributed by atoms with Crippen molar-refractivity contribution in [2.45, 2.75) is 277 Å². The first-order valence-electron chi connectivity index (χ1n) is 23.5. The lowest BCUT2D eigenvalue weighted by Crippen LogP contribution is -2.39. The highest BCUT2D eigenvalue weighted by Gasteiger charge is 2.24. The Morgan fingerprint density at radius 3 is 0.714 bits per heavy atom. The van der Waals surface area contributed by atoms with Gasteiger partial charge in [0.25, 0.3) is 0 Å². The monoisotopic (exact) mass is 687 g/mol. The second-order valence-corrected chi connectivity index (χ2v) is 16.4. The minimum absolute atomic E-state index is 0.637. The summed E-state index contributed by atoms with van der Waals surface area (Å²) in [6.45, 7) is 9.49. The van der Waals surface area contributed by atoms with Crippen molar-refractivity contribution in [2.75, 3.05) is 13.1 Å². The van der Waals surface area contributed by atoms with Crippen molar-refractivity contribution in [3.8, 4) is 0 Å². The van der Waals surface area contributed by atoms with E-state index in [9.17, 15) is 0 Å². The number of hydrogen-bond donors (Lipinski definition) is 0. The van der Waals surface area contributed by atoms with Crippen molar-refractivity contribution in [3.63, 3.8) is 0 Å². The van der Waals surface area contributed by atoms with Crippen LogP contribution < -0.4 is 0 Å². The van der Waals surface area contributed by atoms with Crippen LogP contribution in [0.3, 0.4) is 0 Å². The van der Waals surface area contributed by atoms with Gasteiger partial charge in [0.05, 0.1) is 0 Å². The first kappa shape index (κ1) is 46.4. The molecule has 0 saturated heterocycles. The minimum Gasteiger partial charge on any atom is -0.356 e. The lowest BCUT2D eigenvalue weighted by Gasteiger charge is -2.33. The molecule has 1 unspecified atom stereocenters. The van der Waals surface area contributed by atoms with E-state index in [1.165, 1.54) is 264 Å². The van der Waals surface area contributed by atoms with Gasteiger partial charge in [-0.25, -0.2) is 0 Å². The van der Waals surface area contributed by atoms with Crippen molar-refractivity contribution < 1.29 is 0 Å². The van der Waals surface area contributed by atoms with Crippen LogP contribution in [-0.2, 0) is 0 Å². The van der Waals surface area contributed by atoms with Gasteiger partial charge in [-0.2, -0.15) is 0 Å². The van der Waals surface area contributed by atoms with Gasteiger partial charge in [-0.1, -0.05) is 245 Å². The standard InChI is InChI=1S/C47H94N2/c1-4-7-10-13-16-19-22-25-27-30-33-36-39-42-47-48(43-40-37-34-31-28-24-21-18-15-12-9-6-3)45-46-49(47)44-41-38-35-32-29-26-23-20-17-14-11-8-5-2/h45-47H,4-44H2,1-3H3. The molecule has 1 aliphatic rings. The molecule has 1 aliphatic heterocycles. The van der Waals surface area contributed by atoms with Crippen molar-refractivity contribution in [1.82, 2.24) is 9.80 Å². The third kappa shape index (κ3) is 30.7. The predicted octanol–water partition coefficient (Wildman–Crippen LogP) is 16.7. The molecule has 2 heteroatoms. The molecule has 0 fully saturated rings. The van der Waals surface area contributed by atoms with Crippen LogP contribution in [0, 0.1) is 0 Å². The number of hydrogen-bond acceptors (Lipinski definition) is 2. The van der Waals surface area contributed by atoms with E-state index in [1.54, 1.807) is 0 Å². The summed E-state index contributed by atoms with van der Waals surface area (Å²) in [6, 6.07) is 0. The van der Waals surface area contributed by atoms with Crippen molar-refractivity contribution in [3.05, 3.63) is 12.4 Å². The fraction of sp³-hybridized carbons (Fsp3) is 0.957. The van der Waals surface area contributed by atoms with Gasteiger partial charge >= 0.3 is 0 Å². The van der Waals surface area contributed by atoms with Crippen LogP contribution in [0.15, 0.2) is 12.4 Å². The largest absolute Gasteiger partial charge is 0.356 e. The summed E-state index contributed by atoms with van der Waals surface area (Å²) in [5.74, 6) is 0. The van der Waals surface area contributed by atoms with E-state index in [1.807, 2.05) is 0 Å². The van der Waals surface area contributed by atoms with E-state index in [2.05, 4.69) is 43.0 Å². The number of unbranched alkanes of at least 4 members (excludes halogenated alkanes) is 35. The molecular weight excluding hydrogens is 593 g/mol. The van der Waals surface area contributed by atoms with Gasteiger partial charge in [-0.05, 0) is 25.7 Å². The summed E-state index contributed by atoms with van der Waals surface area (Å²) in [5.41, 5.74) is 0. The quantitative estimate of drug-likeness (QED) is 0.0591. The van der Waals surface area contributed by atoms with E-state index < -0.39 is 0 Å². The van der Waals surface area contributed by atoms with E-state index in [-0.39, 0.29) is 0 Å². The molecule has 0 saturated carbocycles. The SMILES string of the molecule is CCCCCCCCCCCCCCCC1N(CCCCCCCCCCCCCC)C=CN1CCCCCCCCCCCCCCC. The molecular formula is C47H94N2. The predicted molar refractivity (Wildman–Crippen MR) is 223 cm³/mol. The Morgan fingerprint density at radius 2 is 0.469 bits per heavy atom. The summed E-state index contributed by atoms with van der Waals surface area (Å²) >= 11 is 0. The molecule has 1 atom stereocenters. The van der Waals surface area contributed by atoms with Gasteiger partial charge in [0.1, 0.15) is 6.17 Å². The molecule has 1 heterocycles. The molecule has 2 nitrogen and oxygen atoms in total. The average Bonchev–Trinajstić information content (AvgIpc) is 3.50. The molecule has 1 rings (SSSR count). The highest BCUT2D eigenvalue weighted by atomic mass is 15.4. The highest BCUT2D eigenvalue weighted by molar-refractivity contribution is 4.97. The van der Waals surface area contributed by atoms with Crippen molar-refractivity contribution >= 4 is 0 Å². The van der Waals surface area contributed by atoms with Gasteiger partial charge in [-0.15, -0.1) is 0 Å². The van der Waals surface area contributed by atoms with E-state index in [0.29, 0.717) is 6.17 Å². The Labute approximate surface area is 311 Å². The molecule has 0 aromatic heterocycles. The van der Waals surface area contributed by atoms with Crippen LogP contribution in [0.2, 0.25) is 0 Å². The molecule has 49 heavy (non-hydrogen) atoms. The van der Waals surface area contributed by atoms with Crippen molar-refractivity contribution in [1.29, 1.82) is 0 Å². The van der Waals surface area contributed by atoms with Crippen LogP contribution in [-0.4, -0.2) is 29.1 Å². The minimum atomic E-state index is 0.637. The molecule has 0 aromatic carbocycles. The normalized spacial score (nSPS) is 14.6. The first-order valence-corrected chi connectivity index (χ1v) is 23.5. The first-order chi connectivity index (χ1) is 24.3. The Balaban J connectivity index is 2.21. The van der Waals surface area contributed by atoms with Gasteiger partial charge in [0, 0.05) is 25.5 Å². The maximum absolute atomic E-state index is 2.74. The molecule has 0 bridgehead atoms. The number of rotatable bonds is 41. The fourth-order valence-corrected chi connectivity index (χ4v) is 8.13. The van der Waals surface area contributed by atoms with Gasteiger partial charge in [0.15, 0.2) is 0 Å². The molecule has 0 amide bonds. The Kier molecular flexibility index (Phi) is 36.5. The van der Waals surface area contributed by atoms with Crippen molar-refractivity contribution in [2.24, 2.45) is 0 Å². The van der Waals surface area contributed by atoms with Crippen LogP contribution >= 0.6 is 0 Å². The zero-order chi connectivity index (χ0) is 35.1. The molecule has 0 aliphatic carbocycles. The summed E-state index contributed by atoms with van der Waals surface area (Å²) in [6.07, 6.45) is 61.9. The van der Waals surface area contributed by atoms with E-state index in [0.717, 1.165) is 0 Å². The Hall–Kier alpha value is -0.660. The van der Waals surface area contributed by atoms with E-state index >= 15 is 0 Å². The maximum Gasteiger partial charge on any atom is 0.101 e. The lowest BCUT2D eigenvalue weighted by atomic mass is 10.0. The second kappa shape index (κ2) is 38.6. The Morgan fingerprint density at radius 1 is 0.265 bits per heavy atom. The third-order valence-corrected chi connectivity index (χ3v) is 11.6. The summed E-state index contributed by atoms with van der Waals surface area (Å²) < 4.78 is 0. The topological polar surface area (TPSA) is 6.48 Å². The van der Waals surface area contributed by atoms with Gasteiger partial charge in [-0.3, -0.25) is 0 Å². The summed E-state index contributed by atoms with van der Waals surface area (Å²) in [7, 11) is 0. The van der Waals surface area contributed by atoms with Crippen LogP contribution in [0.5, 0.6) is 0 Å². The molecule has 0 radical (unpaired) electrons.